The quantitative estimate of drug-likeness (QED) is 0.651. The lowest BCUT2D eigenvalue weighted by Gasteiger charge is -2.03. The van der Waals surface area contributed by atoms with E-state index in [0.717, 1.165) is 17.4 Å². The molecule has 0 bridgehead atoms. The van der Waals surface area contributed by atoms with Gasteiger partial charge in [-0.1, -0.05) is 0 Å². The highest BCUT2D eigenvalue weighted by Gasteiger charge is 2.09. The van der Waals surface area contributed by atoms with Crippen LogP contribution in [0.25, 0.3) is 10.9 Å². The molecule has 74 valence electrons. The van der Waals surface area contributed by atoms with Crippen molar-refractivity contribution < 1.29 is 4.39 Å². The minimum atomic E-state index is -0.158. The summed E-state index contributed by atoms with van der Waals surface area (Å²) in [5.74, 6) is -0.158. The van der Waals surface area contributed by atoms with E-state index in [0.29, 0.717) is 0 Å². The van der Waals surface area contributed by atoms with Gasteiger partial charge >= 0.3 is 0 Å². The van der Waals surface area contributed by atoms with Crippen molar-refractivity contribution in [2.24, 2.45) is 0 Å². The molecule has 0 saturated carbocycles. The molecule has 0 aliphatic rings. The van der Waals surface area contributed by atoms with E-state index in [9.17, 15) is 4.39 Å². The van der Waals surface area contributed by atoms with Gasteiger partial charge in [-0.2, -0.15) is 0 Å². The van der Waals surface area contributed by atoms with Gasteiger partial charge in [0, 0.05) is 23.1 Å². The monoisotopic (exact) mass is 191 g/mol. The minimum Gasteiger partial charge on any atom is -0.345 e. The molecular weight excluding hydrogens is 177 g/mol. The van der Waals surface area contributed by atoms with E-state index in [-0.39, 0.29) is 5.82 Å². The van der Waals surface area contributed by atoms with Crippen LogP contribution in [0.3, 0.4) is 0 Å². The molecule has 0 aliphatic heterocycles. The Morgan fingerprint density at radius 3 is 2.64 bits per heavy atom. The van der Waals surface area contributed by atoms with Gasteiger partial charge < -0.3 is 4.57 Å². The largest absolute Gasteiger partial charge is 0.345 e. The van der Waals surface area contributed by atoms with Crippen LogP contribution in [0, 0.1) is 19.7 Å². The second kappa shape index (κ2) is 3.12. The van der Waals surface area contributed by atoms with Crippen molar-refractivity contribution in [1.29, 1.82) is 0 Å². The van der Waals surface area contributed by atoms with Crippen LogP contribution in [0.1, 0.15) is 18.2 Å². The molecule has 0 radical (unpaired) electrons. The van der Waals surface area contributed by atoms with Gasteiger partial charge in [-0.05, 0) is 44.5 Å². The third kappa shape index (κ3) is 1.14. The molecular formula is C12H14FN. The van der Waals surface area contributed by atoms with E-state index in [4.69, 9.17) is 0 Å². The Labute approximate surface area is 83.2 Å². The molecule has 1 nitrogen and oxygen atoms in total. The molecule has 0 unspecified atom stereocenters. The number of hydrogen-bond donors (Lipinski definition) is 0. The second-order valence-electron chi connectivity index (χ2n) is 3.62. The van der Waals surface area contributed by atoms with Gasteiger partial charge in [-0.15, -0.1) is 0 Å². The summed E-state index contributed by atoms with van der Waals surface area (Å²) in [6.45, 7) is 7.16. The van der Waals surface area contributed by atoms with E-state index in [1.165, 1.54) is 17.3 Å². The van der Waals surface area contributed by atoms with Gasteiger partial charge in [0.05, 0.1) is 0 Å². The smallest absolute Gasteiger partial charge is 0.123 e. The molecule has 1 heterocycles. The van der Waals surface area contributed by atoms with Gasteiger partial charge in [0.15, 0.2) is 0 Å². The van der Waals surface area contributed by atoms with E-state index < -0.39 is 0 Å². The lowest BCUT2D eigenvalue weighted by molar-refractivity contribution is 0.629. The van der Waals surface area contributed by atoms with Crippen LogP contribution in [0.4, 0.5) is 4.39 Å². The summed E-state index contributed by atoms with van der Waals surface area (Å²) in [6.07, 6.45) is 0. The van der Waals surface area contributed by atoms with E-state index in [1.807, 2.05) is 13.0 Å². The average molecular weight is 191 g/mol. The third-order valence-electron chi connectivity index (χ3n) is 2.92. The average Bonchev–Trinajstić information content (AvgIpc) is 2.41. The summed E-state index contributed by atoms with van der Waals surface area (Å²) in [6, 6.07) is 4.99. The van der Waals surface area contributed by atoms with Crippen molar-refractivity contribution >= 4 is 10.9 Å². The van der Waals surface area contributed by atoms with E-state index in [1.54, 1.807) is 6.07 Å². The number of halogens is 1. The van der Waals surface area contributed by atoms with Crippen LogP contribution in [-0.4, -0.2) is 4.57 Å². The fraction of sp³-hybridized carbons (Fsp3) is 0.333. The topological polar surface area (TPSA) is 4.93 Å². The number of rotatable bonds is 1. The molecule has 0 fully saturated rings. The lowest BCUT2D eigenvalue weighted by atomic mass is 10.1. The first-order valence-electron chi connectivity index (χ1n) is 4.90. The molecule has 0 atom stereocenters. The number of hydrogen-bond acceptors (Lipinski definition) is 0. The molecule has 0 aliphatic carbocycles. The van der Waals surface area contributed by atoms with Gasteiger partial charge in [0.1, 0.15) is 5.82 Å². The number of nitrogens with zero attached hydrogens (tertiary/aromatic N) is 1. The third-order valence-corrected chi connectivity index (χ3v) is 2.92. The molecule has 2 rings (SSSR count). The maximum absolute atomic E-state index is 13.1. The Hall–Kier alpha value is -1.31. The maximum atomic E-state index is 13.1. The van der Waals surface area contributed by atoms with Crippen molar-refractivity contribution in [2.75, 3.05) is 0 Å². The van der Waals surface area contributed by atoms with E-state index in [2.05, 4.69) is 18.4 Å². The Balaban J connectivity index is 2.88. The molecule has 1 aromatic heterocycles. The minimum absolute atomic E-state index is 0.158. The highest BCUT2D eigenvalue weighted by molar-refractivity contribution is 5.85. The highest BCUT2D eigenvalue weighted by atomic mass is 19.1. The molecule has 0 saturated heterocycles. The Morgan fingerprint density at radius 1 is 1.29 bits per heavy atom. The fourth-order valence-corrected chi connectivity index (χ4v) is 2.03. The van der Waals surface area contributed by atoms with E-state index >= 15 is 0 Å². The van der Waals surface area contributed by atoms with Crippen molar-refractivity contribution in [3.63, 3.8) is 0 Å². The van der Waals surface area contributed by atoms with Crippen molar-refractivity contribution in [3.05, 3.63) is 35.3 Å². The summed E-state index contributed by atoms with van der Waals surface area (Å²) >= 11 is 0. The van der Waals surface area contributed by atoms with Crippen molar-refractivity contribution in [3.8, 4) is 0 Å². The number of benzene rings is 1. The second-order valence-corrected chi connectivity index (χ2v) is 3.62. The zero-order chi connectivity index (χ0) is 10.3. The summed E-state index contributed by atoms with van der Waals surface area (Å²) < 4.78 is 15.3. The van der Waals surface area contributed by atoms with Crippen LogP contribution < -0.4 is 0 Å². The lowest BCUT2D eigenvalue weighted by Crippen LogP contribution is -1.95. The predicted molar refractivity (Wildman–Crippen MR) is 57.0 cm³/mol. The van der Waals surface area contributed by atoms with Gasteiger partial charge in [-0.3, -0.25) is 0 Å². The first-order chi connectivity index (χ1) is 6.65. The molecule has 0 N–H and O–H groups in total. The highest BCUT2D eigenvalue weighted by Crippen LogP contribution is 2.25. The Kier molecular flexibility index (Phi) is 2.06. The normalized spacial score (nSPS) is 11.1. The first kappa shape index (κ1) is 9.25. The molecule has 0 spiro atoms. The number of aromatic nitrogens is 1. The Bertz CT molecular complexity index is 483. The zero-order valence-electron chi connectivity index (χ0n) is 8.76. The summed E-state index contributed by atoms with van der Waals surface area (Å²) in [5.41, 5.74) is 3.54. The maximum Gasteiger partial charge on any atom is 0.123 e. The van der Waals surface area contributed by atoms with Crippen molar-refractivity contribution in [2.45, 2.75) is 27.3 Å². The fourth-order valence-electron chi connectivity index (χ4n) is 2.03. The molecule has 0 amide bonds. The molecule has 2 heteroatoms. The number of aryl methyl sites for hydroxylation is 2. The SMILES string of the molecule is CCn1c(C)c(C)c2cc(F)ccc21. The Morgan fingerprint density at radius 2 is 2.00 bits per heavy atom. The summed E-state index contributed by atoms with van der Waals surface area (Å²) in [5, 5.41) is 1.03. The zero-order valence-corrected chi connectivity index (χ0v) is 8.76. The number of fused-ring (bicyclic) bond motifs is 1. The van der Waals surface area contributed by atoms with Crippen molar-refractivity contribution in [1.82, 2.24) is 4.57 Å². The van der Waals surface area contributed by atoms with Gasteiger partial charge in [0.2, 0.25) is 0 Å². The molecule has 14 heavy (non-hydrogen) atoms. The van der Waals surface area contributed by atoms with Crippen LogP contribution in [0.5, 0.6) is 0 Å². The van der Waals surface area contributed by atoms with Crippen LogP contribution in [0.2, 0.25) is 0 Å². The standard InChI is InChI=1S/C12H14FN/c1-4-14-9(3)8(2)11-7-10(13)5-6-12(11)14/h5-7H,4H2,1-3H3. The predicted octanol–water partition coefficient (Wildman–Crippen LogP) is 3.42. The van der Waals surface area contributed by atoms with Gasteiger partial charge in [-0.25, -0.2) is 4.39 Å². The first-order valence-corrected chi connectivity index (χ1v) is 4.90. The van der Waals surface area contributed by atoms with Crippen LogP contribution in [0.15, 0.2) is 18.2 Å². The summed E-state index contributed by atoms with van der Waals surface area (Å²) in [4.78, 5) is 0. The van der Waals surface area contributed by atoms with Gasteiger partial charge in [0.25, 0.3) is 0 Å². The van der Waals surface area contributed by atoms with Crippen LogP contribution >= 0.6 is 0 Å². The van der Waals surface area contributed by atoms with Crippen LogP contribution in [-0.2, 0) is 6.54 Å². The molecule has 2 aromatic rings. The molecule has 1 aromatic carbocycles. The summed E-state index contributed by atoms with van der Waals surface area (Å²) in [7, 11) is 0.